The molecule has 2 heteroatoms. The standard InChI is InChI=1S/C22H26NSi/c1-17-8-6-7-9-21(17)22-15-12-19(16-23(22)2)18-10-13-20(14-11-18)24(3,4)5/h6-16H,1-5H3/q+1. The first-order chi connectivity index (χ1) is 11.4. The summed E-state index contributed by atoms with van der Waals surface area (Å²) in [5.41, 5.74) is 6.39. The van der Waals surface area contributed by atoms with Gasteiger partial charge in [-0.1, -0.05) is 67.3 Å². The zero-order valence-corrected chi connectivity index (χ0v) is 16.3. The Bertz CT molecular complexity index is 858. The quantitative estimate of drug-likeness (QED) is 0.483. The third-order valence-electron chi connectivity index (χ3n) is 4.64. The number of hydrogen-bond acceptors (Lipinski definition) is 0. The summed E-state index contributed by atoms with van der Waals surface area (Å²) in [7, 11) is 0.894. The lowest BCUT2D eigenvalue weighted by Gasteiger charge is -2.16. The summed E-state index contributed by atoms with van der Waals surface area (Å²) in [4.78, 5) is 0. The molecule has 0 unspecified atom stereocenters. The van der Waals surface area contributed by atoms with Crippen molar-refractivity contribution < 1.29 is 4.57 Å². The van der Waals surface area contributed by atoms with E-state index in [1.807, 2.05) is 0 Å². The second-order valence-electron chi connectivity index (χ2n) is 7.56. The van der Waals surface area contributed by atoms with Gasteiger partial charge in [-0.15, -0.1) is 0 Å². The molecule has 1 aromatic heterocycles. The zero-order valence-electron chi connectivity index (χ0n) is 15.3. The van der Waals surface area contributed by atoms with Crippen LogP contribution >= 0.6 is 0 Å². The van der Waals surface area contributed by atoms with Crippen molar-refractivity contribution in [2.75, 3.05) is 0 Å². The summed E-state index contributed by atoms with van der Waals surface area (Å²) in [6.45, 7) is 9.33. The van der Waals surface area contributed by atoms with Crippen molar-refractivity contribution in [1.82, 2.24) is 0 Å². The van der Waals surface area contributed by atoms with Crippen LogP contribution < -0.4 is 9.75 Å². The van der Waals surface area contributed by atoms with Crippen LogP contribution in [0.25, 0.3) is 22.4 Å². The molecule has 0 saturated carbocycles. The van der Waals surface area contributed by atoms with Crippen molar-refractivity contribution >= 4 is 13.3 Å². The SMILES string of the molecule is Cc1ccccc1-c1ccc(-c2ccc([Si](C)(C)C)cc2)c[n+]1C. The predicted octanol–water partition coefficient (Wildman–Crippen LogP) is 4.70. The van der Waals surface area contributed by atoms with E-state index in [9.17, 15) is 0 Å². The van der Waals surface area contributed by atoms with E-state index in [1.165, 1.54) is 33.1 Å². The Kier molecular flexibility index (Phi) is 4.42. The Balaban J connectivity index is 1.97. The maximum absolute atomic E-state index is 2.39. The van der Waals surface area contributed by atoms with Crippen molar-refractivity contribution in [3.05, 3.63) is 72.4 Å². The highest BCUT2D eigenvalue weighted by atomic mass is 28.3. The van der Waals surface area contributed by atoms with Gasteiger partial charge in [-0.05, 0) is 30.2 Å². The first kappa shape index (κ1) is 16.7. The molecule has 0 saturated heterocycles. The molecule has 1 heterocycles. The van der Waals surface area contributed by atoms with Gasteiger partial charge in [-0.2, -0.15) is 0 Å². The average Bonchev–Trinajstić information content (AvgIpc) is 2.55. The van der Waals surface area contributed by atoms with Crippen LogP contribution in [0.15, 0.2) is 66.9 Å². The number of hydrogen-bond donors (Lipinski definition) is 0. The summed E-state index contributed by atoms with van der Waals surface area (Å²) >= 11 is 0. The average molecular weight is 333 g/mol. The lowest BCUT2D eigenvalue weighted by atomic mass is 10.0. The van der Waals surface area contributed by atoms with Crippen molar-refractivity contribution in [1.29, 1.82) is 0 Å². The van der Waals surface area contributed by atoms with Gasteiger partial charge in [0.2, 0.25) is 5.69 Å². The van der Waals surface area contributed by atoms with Crippen LogP contribution in [-0.2, 0) is 7.05 Å². The van der Waals surface area contributed by atoms with Crippen LogP contribution in [0.4, 0.5) is 0 Å². The summed E-state index contributed by atoms with van der Waals surface area (Å²) in [5, 5.41) is 1.51. The van der Waals surface area contributed by atoms with Gasteiger partial charge in [0.05, 0.1) is 8.07 Å². The summed E-state index contributed by atoms with van der Waals surface area (Å²) < 4.78 is 2.23. The predicted molar refractivity (Wildman–Crippen MR) is 106 cm³/mol. The molecule has 0 aliphatic heterocycles. The van der Waals surface area contributed by atoms with Gasteiger partial charge in [-0.25, -0.2) is 4.57 Å². The van der Waals surface area contributed by atoms with Gasteiger partial charge in [-0.3, -0.25) is 0 Å². The Labute approximate surface area is 146 Å². The van der Waals surface area contributed by atoms with E-state index in [-0.39, 0.29) is 0 Å². The highest BCUT2D eigenvalue weighted by Gasteiger charge is 2.17. The van der Waals surface area contributed by atoms with Crippen molar-refractivity contribution in [3.8, 4) is 22.4 Å². The number of aryl methyl sites for hydroxylation is 2. The molecule has 0 spiro atoms. The van der Waals surface area contributed by atoms with Gasteiger partial charge in [0, 0.05) is 17.2 Å². The monoisotopic (exact) mass is 332 g/mol. The van der Waals surface area contributed by atoms with Crippen LogP contribution in [-0.4, -0.2) is 8.07 Å². The van der Waals surface area contributed by atoms with Crippen LogP contribution in [0.2, 0.25) is 19.6 Å². The van der Waals surface area contributed by atoms with Crippen molar-refractivity contribution in [2.24, 2.45) is 7.05 Å². The molecule has 3 rings (SSSR count). The molecule has 3 aromatic rings. The number of nitrogens with zero attached hydrogens (tertiary/aromatic N) is 1. The Morgan fingerprint density at radius 1 is 0.750 bits per heavy atom. The van der Waals surface area contributed by atoms with Crippen LogP contribution in [0.1, 0.15) is 5.56 Å². The number of rotatable bonds is 3. The number of aromatic nitrogens is 1. The fourth-order valence-corrected chi connectivity index (χ4v) is 4.25. The molecule has 122 valence electrons. The highest BCUT2D eigenvalue weighted by Crippen LogP contribution is 2.23. The topological polar surface area (TPSA) is 3.88 Å². The molecule has 0 bridgehead atoms. The number of benzene rings is 2. The van der Waals surface area contributed by atoms with Crippen LogP contribution in [0.5, 0.6) is 0 Å². The first-order valence-electron chi connectivity index (χ1n) is 8.53. The first-order valence-corrected chi connectivity index (χ1v) is 12.0. The molecule has 0 fully saturated rings. The molecule has 2 aromatic carbocycles. The van der Waals surface area contributed by atoms with E-state index in [0.29, 0.717) is 0 Å². The van der Waals surface area contributed by atoms with E-state index >= 15 is 0 Å². The van der Waals surface area contributed by atoms with E-state index in [2.05, 4.69) is 105 Å². The summed E-state index contributed by atoms with van der Waals surface area (Å²) in [5.74, 6) is 0. The van der Waals surface area contributed by atoms with E-state index in [1.54, 1.807) is 0 Å². The Morgan fingerprint density at radius 2 is 1.38 bits per heavy atom. The van der Waals surface area contributed by atoms with Gasteiger partial charge >= 0.3 is 0 Å². The highest BCUT2D eigenvalue weighted by molar-refractivity contribution is 6.88. The molecule has 1 nitrogen and oxygen atoms in total. The molecule has 0 radical (unpaired) electrons. The second kappa shape index (κ2) is 6.37. The minimum atomic E-state index is -1.23. The maximum atomic E-state index is 2.39. The molecule has 0 amide bonds. The molecular formula is C22H26NSi+. The molecule has 0 N–H and O–H groups in total. The third kappa shape index (κ3) is 3.34. The molecule has 0 aliphatic rings. The third-order valence-corrected chi connectivity index (χ3v) is 6.70. The van der Waals surface area contributed by atoms with Crippen molar-refractivity contribution in [3.63, 3.8) is 0 Å². The van der Waals surface area contributed by atoms with E-state index < -0.39 is 8.07 Å². The van der Waals surface area contributed by atoms with Gasteiger partial charge in [0.25, 0.3) is 0 Å². The fourth-order valence-electron chi connectivity index (χ4n) is 3.08. The minimum Gasteiger partial charge on any atom is -0.200 e. The minimum absolute atomic E-state index is 1.23. The molecule has 0 atom stereocenters. The molecule has 24 heavy (non-hydrogen) atoms. The largest absolute Gasteiger partial charge is 0.212 e. The summed E-state index contributed by atoms with van der Waals surface area (Å²) in [6, 6.07) is 22.1. The fraction of sp³-hybridized carbons (Fsp3) is 0.227. The normalized spacial score (nSPS) is 11.5. The van der Waals surface area contributed by atoms with Crippen LogP contribution in [0.3, 0.4) is 0 Å². The van der Waals surface area contributed by atoms with Gasteiger partial charge in [0.15, 0.2) is 6.20 Å². The van der Waals surface area contributed by atoms with E-state index in [0.717, 1.165) is 0 Å². The molecule has 0 aliphatic carbocycles. The zero-order chi connectivity index (χ0) is 17.3. The summed E-state index contributed by atoms with van der Waals surface area (Å²) in [6.07, 6.45) is 2.23. The number of pyridine rings is 1. The molecular weight excluding hydrogens is 306 g/mol. The van der Waals surface area contributed by atoms with Crippen LogP contribution in [0, 0.1) is 6.92 Å². The van der Waals surface area contributed by atoms with Gasteiger partial charge < -0.3 is 0 Å². The van der Waals surface area contributed by atoms with E-state index in [4.69, 9.17) is 0 Å². The second-order valence-corrected chi connectivity index (χ2v) is 12.6. The Hall–Kier alpha value is -2.19. The van der Waals surface area contributed by atoms with Gasteiger partial charge in [0.1, 0.15) is 7.05 Å². The smallest absolute Gasteiger partial charge is 0.200 e. The Morgan fingerprint density at radius 3 is 1.96 bits per heavy atom. The lowest BCUT2D eigenvalue weighted by molar-refractivity contribution is -0.659. The maximum Gasteiger partial charge on any atom is 0.212 e. The van der Waals surface area contributed by atoms with Crippen molar-refractivity contribution in [2.45, 2.75) is 26.6 Å². The lowest BCUT2D eigenvalue weighted by Crippen LogP contribution is -2.37.